The van der Waals surface area contributed by atoms with Crippen LogP contribution in [0.1, 0.15) is 229 Å². The van der Waals surface area contributed by atoms with Gasteiger partial charge in [0, 0.05) is 62.6 Å². The molecule has 10 rings (SSSR count). The van der Waals surface area contributed by atoms with Crippen LogP contribution in [0.4, 0.5) is 0 Å². The quantitative estimate of drug-likeness (QED) is 0.0311. The standard InChI is InChI=1S/C72H90S3/c1-7-13-19-25-31-49-43-58-61(46-52(49)34-28-22-16-10-4)70-55(37-40-73-70)64-67(58)65-56-38-41-74-71(56)62-47-53(35-29-23-17-11-5)50(32-26-20-14-8-2)44-59(62)69(65)66-57-39-42-75-72(57)63-48-54(36-30-24-18-12-6)51(33-27-21-15-9-3)45-60(63)68(64)66/h37-48H,7-36H2,1-6H3. The lowest BCUT2D eigenvalue weighted by Gasteiger charge is -2.23. The van der Waals surface area contributed by atoms with Crippen molar-refractivity contribution >= 4 is 129 Å². The Kier molecular flexibility index (Phi) is 18.9. The van der Waals surface area contributed by atoms with Crippen molar-refractivity contribution < 1.29 is 0 Å². The second-order valence-corrected chi connectivity index (χ2v) is 25.9. The maximum Gasteiger partial charge on any atom is 0.0427 e. The number of benzene rings is 7. The predicted molar refractivity (Wildman–Crippen MR) is 345 cm³/mol. The van der Waals surface area contributed by atoms with E-state index in [4.69, 9.17) is 0 Å². The van der Waals surface area contributed by atoms with Crippen molar-refractivity contribution in [3.05, 3.63) is 104 Å². The van der Waals surface area contributed by atoms with Crippen LogP contribution >= 0.6 is 34.0 Å². The van der Waals surface area contributed by atoms with E-state index in [0.29, 0.717) is 0 Å². The molecule has 0 fully saturated rings. The summed E-state index contributed by atoms with van der Waals surface area (Å²) in [5.74, 6) is 0. The third-order valence-corrected chi connectivity index (χ3v) is 20.5. The fourth-order valence-electron chi connectivity index (χ4n) is 13.6. The van der Waals surface area contributed by atoms with Gasteiger partial charge in [0.2, 0.25) is 0 Å². The van der Waals surface area contributed by atoms with Gasteiger partial charge in [-0.1, -0.05) is 175 Å². The summed E-state index contributed by atoms with van der Waals surface area (Å²) < 4.78 is 4.46. The normalized spacial score (nSPS) is 12.4. The molecule has 0 aliphatic rings. The van der Waals surface area contributed by atoms with Crippen molar-refractivity contribution in [2.45, 2.75) is 234 Å². The van der Waals surface area contributed by atoms with Gasteiger partial charge < -0.3 is 0 Å². The molecule has 0 N–H and O–H groups in total. The number of hydrogen-bond donors (Lipinski definition) is 0. The zero-order chi connectivity index (χ0) is 51.7. The van der Waals surface area contributed by atoms with Crippen LogP contribution in [0.5, 0.6) is 0 Å². The first-order valence-corrected chi connectivity index (χ1v) is 33.7. The van der Waals surface area contributed by atoms with Crippen LogP contribution in [0.25, 0.3) is 94.9 Å². The zero-order valence-electron chi connectivity index (χ0n) is 47.4. The molecule has 0 amide bonds. The highest BCUT2D eigenvalue weighted by Gasteiger charge is 2.27. The molecule has 3 heteroatoms. The van der Waals surface area contributed by atoms with Crippen LogP contribution in [0.2, 0.25) is 0 Å². The Morgan fingerprint density at radius 2 is 0.427 bits per heavy atom. The first kappa shape index (κ1) is 54.3. The number of rotatable bonds is 30. The maximum atomic E-state index is 2.78. The van der Waals surface area contributed by atoms with E-state index in [0.717, 1.165) is 0 Å². The van der Waals surface area contributed by atoms with E-state index in [1.807, 2.05) is 34.0 Å². The number of thiophene rings is 3. The third-order valence-electron chi connectivity index (χ3n) is 17.7. The van der Waals surface area contributed by atoms with Crippen LogP contribution in [0, 0.1) is 0 Å². The summed E-state index contributed by atoms with van der Waals surface area (Å²) in [7, 11) is 0. The predicted octanol–water partition coefficient (Wildman–Crippen LogP) is 25.0. The summed E-state index contributed by atoms with van der Waals surface area (Å²) in [5, 5.41) is 29.8. The summed E-state index contributed by atoms with van der Waals surface area (Å²) in [6.07, 6.45) is 38.3. The highest BCUT2D eigenvalue weighted by molar-refractivity contribution is 7.19. The van der Waals surface area contributed by atoms with Crippen molar-refractivity contribution in [1.29, 1.82) is 0 Å². The van der Waals surface area contributed by atoms with Crippen LogP contribution in [-0.4, -0.2) is 0 Å². The van der Waals surface area contributed by atoms with E-state index >= 15 is 0 Å². The van der Waals surface area contributed by atoms with E-state index in [1.165, 1.54) is 288 Å². The molecule has 0 spiro atoms. The first-order chi connectivity index (χ1) is 37.0. The topological polar surface area (TPSA) is 0 Å². The molecule has 10 aromatic rings. The van der Waals surface area contributed by atoms with Gasteiger partial charge >= 0.3 is 0 Å². The Morgan fingerprint density at radius 1 is 0.227 bits per heavy atom. The van der Waals surface area contributed by atoms with Crippen LogP contribution in [0.15, 0.2) is 70.7 Å². The molecule has 75 heavy (non-hydrogen) atoms. The van der Waals surface area contributed by atoms with Crippen LogP contribution in [0.3, 0.4) is 0 Å². The van der Waals surface area contributed by atoms with Crippen molar-refractivity contribution in [3.63, 3.8) is 0 Å². The summed E-state index contributed by atoms with van der Waals surface area (Å²) in [6, 6.07) is 24.1. The van der Waals surface area contributed by atoms with Gasteiger partial charge in [0.1, 0.15) is 0 Å². The lowest BCUT2D eigenvalue weighted by molar-refractivity contribution is 0.651. The highest BCUT2D eigenvalue weighted by Crippen LogP contribution is 2.55. The molecule has 3 heterocycles. The molecule has 396 valence electrons. The largest absolute Gasteiger partial charge is 0.143 e. The fraction of sp³-hybridized carbons (Fsp3) is 0.500. The molecule has 0 radical (unpaired) electrons. The molecule has 3 aromatic heterocycles. The van der Waals surface area contributed by atoms with Gasteiger partial charge in [0.25, 0.3) is 0 Å². The Balaban J connectivity index is 1.40. The summed E-state index contributed by atoms with van der Waals surface area (Å²) >= 11 is 5.99. The number of hydrogen-bond acceptors (Lipinski definition) is 3. The average molecular weight is 1050 g/mol. The summed E-state index contributed by atoms with van der Waals surface area (Å²) in [4.78, 5) is 0. The van der Waals surface area contributed by atoms with E-state index in [9.17, 15) is 0 Å². The monoisotopic (exact) mass is 1050 g/mol. The Labute approximate surface area is 464 Å². The van der Waals surface area contributed by atoms with E-state index in [1.54, 1.807) is 33.4 Å². The number of fused-ring (bicyclic) bond motifs is 21. The highest BCUT2D eigenvalue weighted by atomic mass is 32.1. The molecule has 0 saturated heterocycles. The van der Waals surface area contributed by atoms with Crippen LogP contribution < -0.4 is 0 Å². The lowest BCUT2D eigenvalue weighted by atomic mass is 9.81. The van der Waals surface area contributed by atoms with Crippen molar-refractivity contribution in [1.82, 2.24) is 0 Å². The SMILES string of the molecule is CCCCCCc1cc2c(cc1CCCCCC)c1c3c4ccsc4c4cc(CCCCCC)c(CCCCCC)cc4c3c3c4ccsc4c4cc(CCCCCC)c(CCCCCC)cc4c3c1c1ccsc21. The van der Waals surface area contributed by atoms with Gasteiger partial charge in [0.15, 0.2) is 0 Å². The minimum absolute atomic E-state index is 1.18. The van der Waals surface area contributed by atoms with Crippen LogP contribution in [-0.2, 0) is 38.5 Å². The Morgan fingerprint density at radius 3 is 0.640 bits per heavy atom. The Bertz CT molecular complexity index is 3130. The number of aryl methyl sites for hydroxylation is 6. The van der Waals surface area contributed by atoms with Gasteiger partial charge in [-0.25, -0.2) is 0 Å². The minimum Gasteiger partial charge on any atom is -0.143 e. The van der Waals surface area contributed by atoms with E-state index < -0.39 is 0 Å². The Hall–Kier alpha value is -4.02. The van der Waals surface area contributed by atoms with Crippen molar-refractivity contribution in [2.24, 2.45) is 0 Å². The molecule has 0 bridgehead atoms. The molecular formula is C72H90S3. The van der Waals surface area contributed by atoms with Gasteiger partial charge in [-0.05, 0) is 195 Å². The van der Waals surface area contributed by atoms with Crippen molar-refractivity contribution in [3.8, 4) is 0 Å². The molecule has 0 nitrogen and oxygen atoms in total. The van der Waals surface area contributed by atoms with E-state index in [2.05, 4.69) is 112 Å². The van der Waals surface area contributed by atoms with Gasteiger partial charge in [-0.15, -0.1) is 34.0 Å². The molecule has 0 aliphatic heterocycles. The van der Waals surface area contributed by atoms with Gasteiger partial charge in [0.05, 0.1) is 0 Å². The average Bonchev–Trinajstić information content (AvgIpc) is 4.24. The second-order valence-electron chi connectivity index (χ2n) is 23.1. The molecular weight excluding hydrogens is 961 g/mol. The second kappa shape index (κ2) is 26.1. The zero-order valence-corrected chi connectivity index (χ0v) is 49.8. The molecule has 7 aromatic carbocycles. The molecule has 0 saturated carbocycles. The smallest absolute Gasteiger partial charge is 0.0427 e. The first-order valence-electron chi connectivity index (χ1n) is 31.0. The maximum absolute atomic E-state index is 2.78. The van der Waals surface area contributed by atoms with Gasteiger partial charge in [-0.3, -0.25) is 0 Å². The lowest BCUT2D eigenvalue weighted by Crippen LogP contribution is -2.00. The fourth-order valence-corrected chi connectivity index (χ4v) is 16.4. The molecule has 0 aliphatic carbocycles. The summed E-state index contributed by atoms with van der Waals surface area (Å²) in [5.41, 5.74) is 9.69. The molecule has 0 unspecified atom stereocenters. The van der Waals surface area contributed by atoms with Gasteiger partial charge in [-0.2, -0.15) is 0 Å². The minimum atomic E-state index is 1.18. The van der Waals surface area contributed by atoms with E-state index in [-0.39, 0.29) is 0 Å². The third kappa shape index (κ3) is 11.2. The van der Waals surface area contributed by atoms with Crippen molar-refractivity contribution in [2.75, 3.05) is 0 Å². The summed E-state index contributed by atoms with van der Waals surface area (Å²) in [6.45, 7) is 14.1. The number of unbranched alkanes of at least 4 members (excludes halogenated alkanes) is 18. The molecule has 0 atom stereocenters.